The lowest BCUT2D eigenvalue weighted by atomic mass is 10.1. The van der Waals surface area contributed by atoms with E-state index in [1.165, 1.54) is 5.56 Å². The number of rotatable bonds is 3. The number of fused-ring (bicyclic) bond motifs is 2. The highest BCUT2D eigenvalue weighted by Gasteiger charge is 2.23. The van der Waals surface area contributed by atoms with Gasteiger partial charge in [0.1, 0.15) is 5.75 Å². The Bertz CT molecular complexity index is 896. The second kappa shape index (κ2) is 6.25. The Labute approximate surface area is 151 Å². The third kappa shape index (κ3) is 2.81. The summed E-state index contributed by atoms with van der Waals surface area (Å²) in [6, 6.07) is 11.3. The molecule has 0 saturated carbocycles. The minimum absolute atomic E-state index is 0.0338. The van der Waals surface area contributed by atoms with Gasteiger partial charge in [-0.3, -0.25) is 15.0 Å². The van der Waals surface area contributed by atoms with E-state index in [1.807, 2.05) is 30.3 Å². The predicted molar refractivity (Wildman–Crippen MR) is 98.9 cm³/mol. The molecule has 2 aromatic carbocycles. The van der Waals surface area contributed by atoms with Crippen LogP contribution in [0.3, 0.4) is 0 Å². The van der Waals surface area contributed by atoms with E-state index in [4.69, 9.17) is 4.74 Å². The number of carbonyl (C=O) groups is 2. The van der Waals surface area contributed by atoms with Gasteiger partial charge in [-0.05, 0) is 36.2 Å². The summed E-state index contributed by atoms with van der Waals surface area (Å²) in [7, 11) is 1.73. The van der Waals surface area contributed by atoms with Crippen LogP contribution in [-0.4, -0.2) is 32.0 Å². The Morgan fingerprint density at radius 2 is 2.04 bits per heavy atom. The summed E-state index contributed by atoms with van der Waals surface area (Å²) in [5.74, 6) is 0.601. The number of nitrogens with one attached hydrogen (secondary N) is 1. The van der Waals surface area contributed by atoms with Crippen molar-refractivity contribution >= 4 is 34.6 Å². The Kier molecular flexibility index (Phi) is 3.91. The maximum atomic E-state index is 11.7. The molecule has 2 aromatic rings. The van der Waals surface area contributed by atoms with Crippen molar-refractivity contribution in [3.05, 3.63) is 42.0 Å². The van der Waals surface area contributed by atoms with Gasteiger partial charge in [-0.25, -0.2) is 0 Å². The second-order valence-corrected chi connectivity index (χ2v) is 6.38. The number of likely N-dealkylation sites (N-methyl/N-ethyl adjacent to an activating group) is 1. The molecule has 2 amide bonds. The van der Waals surface area contributed by atoms with Crippen LogP contribution < -0.4 is 25.4 Å². The summed E-state index contributed by atoms with van der Waals surface area (Å²) in [4.78, 5) is 26.7. The Balaban J connectivity index is 1.49. The predicted octanol–water partition coefficient (Wildman–Crippen LogP) is 2.21. The van der Waals surface area contributed by atoms with E-state index in [9.17, 15) is 9.59 Å². The fourth-order valence-electron chi connectivity index (χ4n) is 3.24. The molecule has 7 nitrogen and oxygen atoms in total. The number of hydrogen-bond donors (Lipinski definition) is 1. The van der Waals surface area contributed by atoms with E-state index in [0.717, 1.165) is 30.0 Å². The number of carbonyl (C=O) groups excluding carboxylic acids is 2. The van der Waals surface area contributed by atoms with Crippen LogP contribution in [0, 0.1) is 0 Å². The molecule has 0 unspecified atom stereocenters. The van der Waals surface area contributed by atoms with Crippen LogP contribution in [0.2, 0.25) is 0 Å². The summed E-state index contributed by atoms with van der Waals surface area (Å²) < 4.78 is 5.48. The first kappa shape index (κ1) is 16.3. The molecular weight excluding hydrogens is 332 g/mol. The van der Waals surface area contributed by atoms with Gasteiger partial charge in [0.25, 0.3) is 5.91 Å². The van der Waals surface area contributed by atoms with Gasteiger partial charge < -0.3 is 14.5 Å². The monoisotopic (exact) mass is 351 g/mol. The summed E-state index contributed by atoms with van der Waals surface area (Å²) in [5.41, 5.74) is 11.7. The molecule has 0 fully saturated rings. The van der Waals surface area contributed by atoms with Crippen LogP contribution in [0.4, 0.5) is 22.7 Å². The number of nitrogens with zero attached hydrogens (tertiary/aromatic N) is 3. The Morgan fingerprint density at radius 1 is 1.19 bits per heavy atom. The highest BCUT2D eigenvalue weighted by molar-refractivity contribution is 5.97. The summed E-state index contributed by atoms with van der Waals surface area (Å²) in [6.07, 6.45) is 0.876. The number of anilines is 3. The standard InChI is InChI=1S/C19H19N4O3/c1-12(24)23-8-7-13-3-4-14(9-17(13)23)20-21-15-5-6-16-18(10-15)26-11-19(25)22(16)2/h3-6,9-10,20H,7-8,11H2,1-2H3. The molecule has 2 aliphatic heterocycles. The molecule has 4 rings (SSSR count). The number of ether oxygens (including phenoxy) is 1. The molecule has 7 heteroatoms. The van der Waals surface area contributed by atoms with Crippen LogP contribution in [0.5, 0.6) is 5.75 Å². The highest BCUT2D eigenvalue weighted by Crippen LogP contribution is 2.34. The minimum Gasteiger partial charge on any atom is -0.481 e. The van der Waals surface area contributed by atoms with Gasteiger partial charge in [0, 0.05) is 32.3 Å². The van der Waals surface area contributed by atoms with E-state index in [2.05, 4.69) is 10.9 Å². The first-order valence-corrected chi connectivity index (χ1v) is 8.44. The molecule has 133 valence electrons. The normalized spacial score (nSPS) is 15.2. The lowest BCUT2D eigenvalue weighted by Gasteiger charge is -2.26. The largest absolute Gasteiger partial charge is 0.481 e. The van der Waals surface area contributed by atoms with Gasteiger partial charge in [0.2, 0.25) is 5.91 Å². The van der Waals surface area contributed by atoms with Crippen molar-refractivity contribution < 1.29 is 14.3 Å². The molecule has 0 spiro atoms. The molecule has 0 aliphatic carbocycles. The molecule has 26 heavy (non-hydrogen) atoms. The maximum absolute atomic E-state index is 11.7. The number of benzene rings is 2. The average Bonchev–Trinajstić information content (AvgIpc) is 3.06. The van der Waals surface area contributed by atoms with Gasteiger partial charge in [0.15, 0.2) is 6.61 Å². The quantitative estimate of drug-likeness (QED) is 0.861. The van der Waals surface area contributed by atoms with Crippen LogP contribution in [0.15, 0.2) is 36.4 Å². The van der Waals surface area contributed by atoms with Crippen LogP contribution in [0.1, 0.15) is 12.5 Å². The summed E-state index contributed by atoms with van der Waals surface area (Å²) in [6.45, 7) is 2.33. The topological polar surface area (TPSA) is 76.0 Å². The van der Waals surface area contributed by atoms with Gasteiger partial charge in [-0.1, -0.05) is 6.07 Å². The van der Waals surface area contributed by atoms with Crippen LogP contribution in [-0.2, 0) is 16.0 Å². The third-order valence-electron chi connectivity index (χ3n) is 4.71. The Hall–Kier alpha value is -3.22. The smallest absolute Gasteiger partial charge is 0.264 e. The lowest BCUT2D eigenvalue weighted by molar-refractivity contribution is -0.121. The molecular formula is C19H19N4O3. The first-order valence-electron chi connectivity index (χ1n) is 8.44. The van der Waals surface area contributed by atoms with E-state index < -0.39 is 0 Å². The molecule has 0 saturated heterocycles. The highest BCUT2D eigenvalue weighted by atomic mass is 16.5. The van der Waals surface area contributed by atoms with E-state index in [1.54, 1.807) is 29.8 Å². The zero-order valence-corrected chi connectivity index (χ0v) is 14.7. The average molecular weight is 351 g/mol. The minimum atomic E-state index is -0.0755. The van der Waals surface area contributed by atoms with Crippen molar-refractivity contribution in [3.63, 3.8) is 0 Å². The molecule has 0 atom stereocenters. The fourth-order valence-corrected chi connectivity index (χ4v) is 3.24. The van der Waals surface area contributed by atoms with Crippen molar-refractivity contribution in [1.82, 2.24) is 5.43 Å². The summed E-state index contributed by atoms with van der Waals surface area (Å²) in [5, 5.41) is 0. The maximum Gasteiger partial charge on any atom is 0.264 e. The summed E-state index contributed by atoms with van der Waals surface area (Å²) >= 11 is 0. The number of amides is 2. The molecule has 2 aliphatic rings. The van der Waals surface area contributed by atoms with Crippen LogP contribution in [0.25, 0.3) is 0 Å². The molecule has 1 radical (unpaired) electrons. The van der Waals surface area contributed by atoms with Crippen molar-refractivity contribution in [1.29, 1.82) is 0 Å². The Morgan fingerprint density at radius 3 is 2.85 bits per heavy atom. The van der Waals surface area contributed by atoms with E-state index in [-0.39, 0.29) is 18.4 Å². The van der Waals surface area contributed by atoms with Gasteiger partial charge in [-0.15, -0.1) is 0 Å². The molecule has 0 aromatic heterocycles. The zero-order valence-electron chi connectivity index (χ0n) is 14.7. The lowest BCUT2D eigenvalue weighted by Crippen LogP contribution is -2.35. The van der Waals surface area contributed by atoms with Crippen molar-refractivity contribution in [2.45, 2.75) is 13.3 Å². The van der Waals surface area contributed by atoms with E-state index >= 15 is 0 Å². The SMILES string of the molecule is CC(=O)N1CCc2ccc(N[N]c3ccc4c(c3)OCC(=O)N4C)cc21. The molecule has 2 heterocycles. The van der Waals surface area contributed by atoms with E-state index in [0.29, 0.717) is 11.4 Å². The number of hydrogen-bond acceptors (Lipinski definition) is 4. The third-order valence-corrected chi connectivity index (χ3v) is 4.71. The first-order chi connectivity index (χ1) is 12.5. The van der Waals surface area contributed by atoms with Gasteiger partial charge in [0.05, 0.1) is 17.1 Å². The van der Waals surface area contributed by atoms with Crippen molar-refractivity contribution in [2.75, 3.05) is 35.4 Å². The van der Waals surface area contributed by atoms with Gasteiger partial charge in [-0.2, -0.15) is 5.43 Å². The molecule has 1 N–H and O–H groups in total. The zero-order chi connectivity index (χ0) is 18.3. The van der Waals surface area contributed by atoms with Crippen LogP contribution >= 0.6 is 0 Å². The van der Waals surface area contributed by atoms with Crippen molar-refractivity contribution in [2.24, 2.45) is 0 Å². The second-order valence-electron chi connectivity index (χ2n) is 6.38. The van der Waals surface area contributed by atoms with Crippen molar-refractivity contribution in [3.8, 4) is 5.75 Å². The fraction of sp³-hybridized carbons (Fsp3) is 0.263. The molecule has 0 bridgehead atoms. The van der Waals surface area contributed by atoms with Gasteiger partial charge >= 0.3 is 0 Å².